The van der Waals surface area contributed by atoms with Crippen LogP contribution in [-0.4, -0.2) is 29.5 Å². The lowest BCUT2D eigenvalue weighted by Crippen LogP contribution is -2.30. The molecule has 0 aliphatic carbocycles. The molecule has 1 fully saturated rings. The minimum Gasteiger partial charge on any atom is -0.405 e. The van der Waals surface area contributed by atoms with Crippen LogP contribution in [0.5, 0.6) is 0 Å². The Hall–Kier alpha value is -3.05. The number of pyridine rings is 1. The van der Waals surface area contributed by atoms with Gasteiger partial charge in [-0.2, -0.15) is 0 Å². The zero-order valence-electron chi connectivity index (χ0n) is 24.6. The van der Waals surface area contributed by atoms with Crippen molar-refractivity contribution in [2.45, 2.75) is 79.1 Å². The maximum Gasteiger partial charge on any atom is 0.123 e. The van der Waals surface area contributed by atoms with Gasteiger partial charge < -0.3 is 10.6 Å². The summed E-state index contributed by atoms with van der Waals surface area (Å²) in [5.74, 6) is -0.389. The Morgan fingerprint density at radius 1 is 0.821 bits per heavy atom. The Balaban J connectivity index is 0.000000856. The summed E-state index contributed by atoms with van der Waals surface area (Å²) >= 11 is 0. The van der Waals surface area contributed by atoms with Gasteiger partial charge in [-0.3, -0.25) is 4.98 Å². The van der Waals surface area contributed by atoms with Crippen LogP contribution in [0.3, 0.4) is 0 Å². The Labute approximate surface area is 236 Å². The highest BCUT2D eigenvalue weighted by atomic mass is 19.1. The van der Waals surface area contributed by atoms with Crippen LogP contribution in [0.1, 0.15) is 76.6 Å². The Morgan fingerprint density at radius 3 is 1.95 bits per heavy atom. The summed E-state index contributed by atoms with van der Waals surface area (Å²) in [6.07, 6.45) is 11.8. The van der Waals surface area contributed by atoms with Crippen molar-refractivity contribution in [1.29, 1.82) is 0 Å². The van der Waals surface area contributed by atoms with Crippen molar-refractivity contribution in [1.82, 2.24) is 9.88 Å². The highest BCUT2D eigenvalue weighted by Gasteiger charge is 2.10. The van der Waals surface area contributed by atoms with E-state index in [0.29, 0.717) is 0 Å². The molecule has 1 saturated heterocycles. The Morgan fingerprint density at radius 2 is 1.38 bits per heavy atom. The molecule has 0 spiro atoms. The first-order valence-electron chi connectivity index (χ1n) is 14.5. The van der Waals surface area contributed by atoms with Gasteiger partial charge in [0.15, 0.2) is 0 Å². The Bertz CT molecular complexity index is 1030. The minimum atomic E-state index is -0.241. The van der Waals surface area contributed by atoms with Gasteiger partial charge in [0.1, 0.15) is 11.6 Å². The topological polar surface area (TPSA) is 42.1 Å². The largest absolute Gasteiger partial charge is 0.405 e. The SMILES string of the molecule is C=CN.CC.CCC.Fc1ccc(-c2ccc(CCc3cc(F)cc(CCCN4CCCCC4)c3)nc2)cc1. The zero-order chi connectivity index (χ0) is 28.9. The molecule has 2 aromatic carbocycles. The summed E-state index contributed by atoms with van der Waals surface area (Å²) in [6, 6.07) is 15.9. The van der Waals surface area contributed by atoms with E-state index in [9.17, 15) is 8.78 Å². The summed E-state index contributed by atoms with van der Waals surface area (Å²) in [7, 11) is 0. The van der Waals surface area contributed by atoms with Crippen LogP contribution in [0.2, 0.25) is 0 Å². The summed E-state index contributed by atoms with van der Waals surface area (Å²) in [6.45, 7) is 14.9. The summed E-state index contributed by atoms with van der Waals surface area (Å²) in [5, 5.41) is 0. The quantitative estimate of drug-likeness (QED) is 0.312. The first-order valence-corrected chi connectivity index (χ1v) is 14.5. The second-order valence-electron chi connectivity index (χ2n) is 9.46. The van der Waals surface area contributed by atoms with Crippen molar-refractivity contribution in [3.8, 4) is 11.1 Å². The molecule has 0 bridgehead atoms. The van der Waals surface area contributed by atoms with Gasteiger partial charge >= 0.3 is 0 Å². The number of nitrogens with zero attached hydrogens (tertiary/aromatic N) is 2. The maximum atomic E-state index is 14.2. The molecule has 1 aromatic heterocycles. The lowest BCUT2D eigenvalue weighted by molar-refractivity contribution is 0.226. The number of nitrogens with two attached hydrogens (primary N) is 1. The molecule has 0 atom stereocenters. The number of likely N-dealkylation sites (tertiary alicyclic amines) is 1. The molecule has 3 aromatic rings. The van der Waals surface area contributed by atoms with E-state index in [1.54, 1.807) is 24.3 Å². The van der Waals surface area contributed by atoms with Crippen LogP contribution in [0.25, 0.3) is 11.1 Å². The molecule has 0 amide bonds. The third-order valence-electron chi connectivity index (χ3n) is 6.08. The smallest absolute Gasteiger partial charge is 0.123 e. The van der Waals surface area contributed by atoms with Crippen molar-refractivity contribution in [3.05, 3.63) is 102 Å². The third kappa shape index (κ3) is 14.1. The molecule has 5 heteroatoms. The van der Waals surface area contributed by atoms with Crippen LogP contribution in [0, 0.1) is 11.6 Å². The number of halogens is 2. The third-order valence-corrected chi connectivity index (χ3v) is 6.08. The lowest BCUT2D eigenvalue weighted by atomic mass is 10.0. The molecule has 1 aliphatic rings. The van der Waals surface area contributed by atoms with Crippen LogP contribution in [0.15, 0.2) is 73.6 Å². The molecule has 39 heavy (non-hydrogen) atoms. The van der Waals surface area contributed by atoms with Crippen molar-refractivity contribution >= 4 is 0 Å². The fraction of sp³-hybridized carbons (Fsp3) is 0.441. The van der Waals surface area contributed by atoms with Gasteiger partial charge in [-0.15, -0.1) is 0 Å². The molecule has 0 unspecified atom stereocenters. The van der Waals surface area contributed by atoms with Crippen LogP contribution >= 0.6 is 0 Å². The summed E-state index contributed by atoms with van der Waals surface area (Å²) in [4.78, 5) is 7.08. The van der Waals surface area contributed by atoms with E-state index in [1.807, 2.05) is 32.2 Å². The number of hydrogen-bond donors (Lipinski definition) is 1. The molecular weight excluding hydrogens is 488 g/mol. The second-order valence-corrected chi connectivity index (χ2v) is 9.46. The fourth-order valence-electron chi connectivity index (χ4n) is 4.35. The number of piperidine rings is 1. The maximum absolute atomic E-state index is 14.2. The normalized spacial score (nSPS) is 12.6. The number of benzene rings is 2. The first kappa shape index (κ1) is 34.0. The van der Waals surface area contributed by atoms with Gasteiger partial charge in [0.05, 0.1) is 0 Å². The van der Waals surface area contributed by atoms with E-state index in [4.69, 9.17) is 0 Å². The summed E-state index contributed by atoms with van der Waals surface area (Å²) < 4.78 is 27.2. The molecular formula is C34H49F2N3. The predicted molar refractivity (Wildman–Crippen MR) is 164 cm³/mol. The molecule has 4 rings (SSSR count). The van der Waals surface area contributed by atoms with Crippen molar-refractivity contribution < 1.29 is 8.78 Å². The summed E-state index contributed by atoms with van der Waals surface area (Å²) in [5.41, 5.74) is 9.61. The molecule has 3 nitrogen and oxygen atoms in total. The van der Waals surface area contributed by atoms with E-state index in [2.05, 4.69) is 42.1 Å². The molecule has 2 N–H and O–H groups in total. The first-order chi connectivity index (χ1) is 19.0. The van der Waals surface area contributed by atoms with Gasteiger partial charge in [-0.05, 0) is 111 Å². The molecule has 2 heterocycles. The highest BCUT2D eigenvalue weighted by Crippen LogP contribution is 2.20. The predicted octanol–water partition coefficient (Wildman–Crippen LogP) is 8.76. The van der Waals surface area contributed by atoms with Crippen molar-refractivity contribution in [2.24, 2.45) is 5.73 Å². The number of aryl methyl sites for hydroxylation is 3. The van der Waals surface area contributed by atoms with Gasteiger partial charge in [-0.1, -0.05) is 71.4 Å². The molecule has 214 valence electrons. The van der Waals surface area contributed by atoms with Gasteiger partial charge in [0, 0.05) is 17.5 Å². The number of rotatable bonds is 8. The number of aromatic nitrogens is 1. The van der Waals surface area contributed by atoms with E-state index >= 15 is 0 Å². The fourth-order valence-corrected chi connectivity index (χ4v) is 4.35. The van der Waals surface area contributed by atoms with Crippen LogP contribution in [0.4, 0.5) is 8.78 Å². The van der Waals surface area contributed by atoms with E-state index < -0.39 is 0 Å². The lowest BCUT2D eigenvalue weighted by Gasteiger charge is -2.26. The van der Waals surface area contributed by atoms with Crippen molar-refractivity contribution in [3.63, 3.8) is 0 Å². The highest BCUT2D eigenvalue weighted by molar-refractivity contribution is 5.62. The zero-order valence-corrected chi connectivity index (χ0v) is 24.6. The number of hydrogen-bond acceptors (Lipinski definition) is 3. The van der Waals surface area contributed by atoms with Crippen molar-refractivity contribution in [2.75, 3.05) is 19.6 Å². The van der Waals surface area contributed by atoms with Crippen LogP contribution in [-0.2, 0) is 19.3 Å². The average Bonchev–Trinajstić information content (AvgIpc) is 2.95. The minimum absolute atomic E-state index is 0.148. The van der Waals surface area contributed by atoms with E-state index in [1.165, 1.54) is 57.1 Å². The average molecular weight is 538 g/mol. The van der Waals surface area contributed by atoms with Gasteiger partial charge in [0.25, 0.3) is 0 Å². The van der Waals surface area contributed by atoms with Crippen LogP contribution < -0.4 is 5.73 Å². The van der Waals surface area contributed by atoms with E-state index in [0.717, 1.165) is 60.2 Å². The van der Waals surface area contributed by atoms with Gasteiger partial charge in [-0.25, -0.2) is 8.78 Å². The Kier molecular flexibility index (Phi) is 18.2. The van der Waals surface area contributed by atoms with E-state index in [-0.39, 0.29) is 11.6 Å². The second kappa shape index (κ2) is 20.9. The monoisotopic (exact) mass is 537 g/mol. The van der Waals surface area contributed by atoms with Gasteiger partial charge in [0.2, 0.25) is 0 Å². The standard InChI is InChI=1S/C27H30F2N2.C3H8.C2H5N.C2H6/c28-25-10-7-23(8-11-25)24-9-13-27(30-20-24)12-6-22-17-21(18-26(29)19-22)5-4-16-31-14-2-1-3-15-31;1-3-2;1-2-3;1-2/h7-11,13,17-20H,1-6,12,14-16H2;3H2,1-2H3;2H,1,3H2;1-2H3. The molecule has 0 radical (unpaired) electrons. The molecule has 0 saturated carbocycles. The molecule has 1 aliphatic heterocycles.